The lowest BCUT2D eigenvalue weighted by molar-refractivity contribution is -0.127. The molecular formula is C20H31N3O3S. The summed E-state index contributed by atoms with van der Waals surface area (Å²) in [4.78, 5) is 13.1. The molecule has 6 nitrogen and oxygen atoms in total. The second-order valence-corrected chi connectivity index (χ2v) is 10.8. The molecule has 1 saturated heterocycles. The SMILES string of the molecule is CC(NC(=O)C1CCN(S(=O)(=O)c2ccn(C)c2)CC1)C1CC2CCC1C2. The minimum absolute atomic E-state index is 0.0757. The second kappa shape index (κ2) is 7.24. The van der Waals surface area contributed by atoms with Gasteiger partial charge >= 0.3 is 0 Å². The third kappa shape index (κ3) is 3.68. The first-order chi connectivity index (χ1) is 12.8. The van der Waals surface area contributed by atoms with Crippen molar-refractivity contribution in [2.24, 2.45) is 30.7 Å². The van der Waals surface area contributed by atoms with E-state index in [2.05, 4.69) is 12.2 Å². The number of rotatable bonds is 5. The van der Waals surface area contributed by atoms with Gasteiger partial charge in [0.1, 0.15) is 0 Å². The Balaban J connectivity index is 1.30. The number of amides is 1. The van der Waals surface area contributed by atoms with Gasteiger partial charge < -0.3 is 9.88 Å². The topological polar surface area (TPSA) is 71.4 Å². The maximum Gasteiger partial charge on any atom is 0.244 e. The fourth-order valence-electron chi connectivity index (χ4n) is 5.49. The predicted octanol–water partition coefficient (Wildman–Crippen LogP) is 2.37. The number of hydrogen-bond donors (Lipinski definition) is 1. The summed E-state index contributed by atoms with van der Waals surface area (Å²) in [5, 5.41) is 3.25. The Morgan fingerprint density at radius 1 is 1.19 bits per heavy atom. The highest BCUT2D eigenvalue weighted by Gasteiger charge is 2.42. The summed E-state index contributed by atoms with van der Waals surface area (Å²) in [7, 11) is -1.64. The van der Waals surface area contributed by atoms with E-state index in [1.807, 2.05) is 7.05 Å². The molecule has 3 aliphatic rings. The zero-order valence-corrected chi connectivity index (χ0v) is 17.1. The van der Waals surface area contributed by atoms with Gasteiger partial charge in [-0.3, -0.25) is 4.79 Å². The van der Waals surface area contributed by atoms with Crippen LogP contribution in [0.5, 0.6) is 0 Å². The van der Waals surface area contributed by atoms with E-state index in [1.54, 1.807) is 23.0 Å². The zero-order valence-electron chi connectivity index (χ0n) is 16.3. The number of carbonyl (C=O) groups is 1. The quantitative estimate of drug-likeness (QED) is 0.835. The van der Waals surface area contributed by atoms with Crippen LogP contribution in [0, 0.1) is 23.7 Å². The number of nitrogens with one attached hydrogen (secondary N) is 1. The summed E-state index contributed by atoms with van der Waals surface area (Å²) in [6.45, 7) is 2.98. The summed E-state index contributed by atoms with van der Waals surface area (Å²) < 4.78 is 28.7. The molecule has 2 aliphatic carbocycles. The molecule has 0 aromatic carbocycles. The molecule has 1 aliphatic heterocycles. The van der Waals surface area contributed by atoms with E-state index in [0.29, 0.717) is 36.7 Å². The van der Waals surface area contributed by atoms with Gasteiger partial charge in [0.15, 0.2) is 0 Å². The number of nitrogens with zero attached hydrogens (tertiary/aromatic N) is 2. The summed E-state index contributed by atoms with van der Waals surface area (Å²) in [5.41, 5.74) is 0. The van der Waals surface area contributed by atoms with Gasteiger partial charge in [0, 0.05) is 44.5 Å². The van der Waals surface area contributed by atoms with Crippen molar-refractivity contribution in [3.05, 3.63) is 18.5 Å². The van der Waals surface area contributed by atoms with Gasteiger partial charge in [0.2, 0.25) is 15.9 Å². The van der Waals surface area contributed by atoms with E-state index in [1.165, 1.54) is 30.0 Å². The van der Waals surface area contributed by atoms with Crippen LogP contribution in [0.4, 0.5) is 0 Å². The highest BCUT2D eigenvalue weighted by molar-refractivity contribution is 7.89. The predicted molar refractivity (Wildman–Crippen MR) is 103 cm³/mol. The van der Waals surface area contributed by atoms with E-state index in [-0.39, 0.29) is 17.9 Å². The zero-order chi connectivity index (χ0) is 19.2. The second-order valence-electron chi connectivity index (χ2n) is 8.83. The molecule has 4 rings (SSSR count). The van der Waals surface area contributed by atoms with Crippen LogP contribution in [0.2, 0.25) is 0 Å². The normalized spacial score (nSPS) is 30.5. The van der Waals surface area contributed by atoms with Crippen LogP contribution in [0.3, 0.4) is 0 Å². The number of fused-ring (bicyclic) bond motifs is 2. The fourth-order valence-corrected chi connectivity index (χ4v) is 7.02. The van der Waals surface area contributed by atoms with E-state index in [0.717, 1.165) is 11.8 Å². The van der Waals surface area contributed by atoms with E-state index >= 15 is 0 Å². The lowest BCUT2D eigenvalue weighted by Gasteiger charge is -2.33. The molecule has 2 saturated carbocycles. The van der Waals surface area contributed by atoms with Gasteiger partial charge in [-0.1, -0.05) is 6.42 Å². The highest BCUT2D eigenvalue weighted by Crippen LogP contribution is 2.49. The third-order valence-electron chi connectivity index (χ3n) is 7.07. The Hall–Kier alpha value is -1.34. The molecule has 0 spiro atoms. The van der Waals surface area contributed by atoms with E-state index in [4.69, 9.17) is 0 Å². The minimum Gasteiger partial charge on any atom is -0.356 e. The summed E-state index contributed by atoms with van der Waals surface area (Å²) >= 11 is 0. The third-order valence-corrected chi connectivity index (χ3v) is 8.95. The molecule has 2 heterocycles. The Kier molecular flexibility index (Phi) is 5.10. The molecule has 1 N–H and O–H groups in total. The Labute approximate surface area is 162 Å². The van der Waals surface area contributed by atoms with Crippen LogP contribution in [-0.4, -0.2) is 42.3 Å². The number of aryl methyl sites for hydroxylation is 1. The number of aromatic nitrogens is 1. The van der Waals surface area contributed by atoms with Crippen molar-refractivity contribution >= 4 is 15.9 Å². The molecule has 150 valence electrons. The summed E-state index contributed by atoms with van der Waals surface area (Å²) in [6, 6.07) is 1.87. The lowest BCUT2D eigenvalue weighted by Crippen LogP contribution is -2.47. The van der Waals surface area contributed by atoms with Crippen molar-refractivity contribution in [2.75, 3.05) is 13.1 Å². The molecule has 3 fully saturated rings. The van der Waals surface area contributed by atoms with Gasteiger partial charge in [-0.2, -0.15) is 4.31 Å². The highest BCUT2D eigenvalue weighted by atomic mass is 32.2. The molecular weight excluding hydrogens is 362 g/mol. The molecule has 1 aromatic heterocycles. The summed E-state index contributed by atoms with van der Waals surface area (Å²) in [6.07, 6.45) is 9.87. The molecule has 7 heteroatoms. The van der Waals surface area contributed by atoms with Crippen LogP contribution >= 0.6 is 0 Å². The van der Waals surface area contributed by atoms with Crippen molar-refractivity contribution in [3.8, 4) is 0 Å². The van der Waals surface area contributed by atoms with E-state index < -0.39 is 10.0 Å². The fraction of sp³-hybridized carbons (Fsp3) is 0.750. The Bertz CT molecular complexity index is 795. The standard InChI is InChI=1S/C20H31N3O3S/c1-14(19-12-15-3-4-17(19)11-15)21-20(24)16-5-9-23(10-6-16)27(25,26)18-7-8-22(2)13-18/h7-8,13-17,19H,3-6,9-12H2,1-2H3,(H,21,24). The van der Waals surface area contributed by atoms with Crippen LogP contribution < -0.4 is 5.32 Å². The van der Waals surface area contributed by atoms with Crippen LogP contribution in [-0.2, 0) is 21.9 Å². The first-order valence-electron chi connectivity index (χ1n) is 10.3. The molecule has 27 heavy (non-hydrogen) atoms. The Morgan fingerprint density at radius 2 is 1.93 bits per heavy atom. The van der Waals surface area contributed by atoms with Crippen molar-refractivity contribution < 1.29 is 13.2 Å². The Morgan fingerprint density at radius 3 is 2.48 bits per heavy atom. The monoisotopic (exact) mass is 393 g/mol. The molecule has 2 bridgehead atoms. The van der Waals surface area contributed by atoms with Crippen LogP contribution in [0.1, 0.15) is 45.4 Å². The number of hydrogen-bond acceptors (Lipinski definition) is 3. The number of sulfonamides is 1. The number of carbonyl (C=O) groups excluding carboxylic acids is 1. The van der Waals surface area contributed by atoms with Crippen molar-refractivity contribution in [1.82, 2.24) is 14.2 Å². The van der Waals surface area contributed by atoms with Gasteiger partial charge in [-0.25, -0.2) is 8.42 Å². The maximum atomic E-state index is 12.7. The average molecular weight is 394 g/mol. The molecule has 4 atom stereocenters. The largest absolute Gasteiger partial charge is 0.356 e. The van der Waals surface area contributed by atoms with Gasteiger partial charge in [-0.05, 0) is 62.8 Å². The molecule has 0 radical (unpaired) electrons. The number of piperidine rings is 1. The van der Waals surface area contributed by atoms with Crippen molar-refractivity contribution in [3.63, 3.8) is 0 Å². The lowest BCUT2D eigenvalue weighted by atomic mass is 9.83. The van der Waals surface area contributed by atoms with Gasteiger partial charge in [0.05, 0.1) is 4.90 Å². The molecule has 4 unspecified atom stereocenters. The summed E-state index contributed by atoms with van der Waals surface area (Å²) in [5.74, 6) is 2.34. The smallest absolute Gasteiger partial charge is 0.244 e. The molecule has 1 amide bonds. The maximum absolute atomic E-state index is 12.7. The van der Waals surface area contributed by atoms with E-state index in [9.17, 15) is 13.2 Å². The first-order valence-corrected chi connectivity index (χ1v) is 11.7. The molecule has 1 aromatic rings. The average Bonchev–Trinajstić information content (AvgIpc) is 3.38. The van der Waals surface area contributed by atoms with Crippen LogP contribution in [0.15, 0.2) is 23.4 Å². The van der Waals surface area contributed by atoms with Crippen molar-refractivity contribution in [2.45, 2.75) is 56.4 Å². The van der Waals surface area contributed by atoms with Crippen LogP contribution in [0.25, 0.3) is 0 Å². The first kappa shape index (κ1) is 19.0. The van der Waals surface area contributed by atoms with Gasteiger partial charge in [-0.15, -0.1) is 0 Å². The van der Waals surface area contributed by atoms with Crippen molar-refractivity contribution in [1.29, 1.82) is 0 Å². The van der Waals surface area contributed by atoms with Gasteiger partial charge in [0.25, 0.3) is 0 Å². The minimum atomic E-state index is -3.45.